The van der Waals surface area contributed by atoms with Crippen LogP contribution in [0.15, 0.2) is 42.7 Å². The van der Waals surface area contributed by atoms with E-state index in [0.717, 1.165) is 30.6 Å². The molecule has 1 aliphatic rings. The summed E-state index contributed by atoms with van der Waals surface area (Å²) >= 11 is 0. The number of nitrogens with zero attached hydrogens (tertiary/aromatic N) is 2. The number of nitrogens with two attached hydrogens (primary N) is 1. The lowest BCUT2D eigenvalue weighted by atomic mass is 10.1. The smallest absolute Gasteiger partial charge is 0.227 e. The number of aryl methyl sites for hydroxylation is 1. The second kappa shape index (κ2) is 5.33. The van der Waals surface area contributed by atoms with Gasteiger partial charge in [-0.25, -0.2) is 0 Å². The second-order valence-corrected chi connectivity index (χ2v) is 5.01. The number of rotatable bonds is 3. The van der Waals surface area contributed by atoms with Crippen LogP contribution in [0.5, 0.6) is 0 Å². The molecule has 4 nitrogen and oxygen atoms in total. The molecule has 1 aromatic carbocycles. The largest absolute Gasteiger partial charge is 0.397 e. The lowest BCUT2D eigenvalue weighted by Crippen LogP contribution is -2.29. The Labute approximate surface area is 118 Å². The monoisotopic (exact) mass is 267 g/mol. The fourth-order valence-corrected chi connectivity index (χ4v) is 2.67. The summed E-state index contributed by atoms with van der Waals surface area (Å²) in [6, 6.07) is 9.73. The van der Waals surface area contributed by atoms with Crippen LogP contribution in [-0.4, -0.2) is 17.4 Å². The van der Waals surface area contributed by atoms with E-state index in [1.807, 2.05) is 35.2 Å². The van der Waals surface area contributed by atoms with Crippen LogP contribution in [0.25, 0.3) is 0 Å². The molecular formula is C16H17N3O. The predicted octanol–water partition coefficient (Wildman–Crippen LogP) is 2.19. The lowest BCUT2D eigenvalue weighted by molar-refractivity contribution is -0.118. The molecule has 0 saturated carbocycles. The highest BCUT2D eigenvalue weighted by atomic mass is 16.2. The Morgan fingerprint density at radius 3 is 2.85 bits per heavy atom. The Balaban J connectivity index is 1.71. The summed E-state index contributed by atoms with van der Waals surface area (Å²) in [5, 5.41) is 0. The minimum Gasteiger partial charge on any atom is -0.397 e. The van der Waals surface area contributed by atoms with Crippen molar-refractivity contribution in [2.24, 2.45) is 0 Å². The molecule has 0 radical (unpaired) electrons. The molecule has 4 heteroatoms. The van der Waals surface area contributed by atoms with Crippen molar-refractivity contribution < 1.29 is 4.79 Å². The van der Waals surface area contributed by atoms with Gasteiger partial charge in [0, 0.05) is 25.4 Å². The van der Waals surface area contributed by atoms with E-state index in [-0.39, 0.29) is 5.91 Å². The fraction of sp³-hybridized carbons (Fsp3) is 0.250. The molecular weight excluding hydrogens is 250 g/mol. The molecule has 2 aromatic rings. The Morgan fingerprint density at radius 2 is 2.05 bits per heavy atom. The quantitative estimate of drug-likeness (QED) is 0.867. The summed E-state index contributed by atoms with van der Waals surface area (Å²) in [5.74, 6) is 0.137. The number of hydrogen-bond donors (Lipinski definition) is 1. The number of nitrogen functional groups attached to an aromatic ring is 1. The molecule has 2 N–H and O–H groups in total. The van der Waals surface area contributed by atoms with Gasteiger partial charge in [0.1, 0.15) is 0 Å². The molecule has 0 bridgehead atoms. The van der Waals surface area contributed by atoms with Crippen molar-refractivity contribution in [2.75, 3.05) is 17.2 Å². The van der Waals surface area contributed by atoms with E-state index >= 15 is 0 Å². The third-order valence-electron chi connectivity index (χ3n) is 3.70. The number of aromatic nitrogens is 1. The molecule has 0 aliphatic carbocycles. The zero-order valence-corrected chi connectivity index (χ0v) is 11.2. The summed E-state index contributed by atoms with van der Waals surface area (Å²) in [4.78, 5) is 18.2. The summed E-state index contributed by atoms with van der Waals surface area (Å²) in [6.45, 7) is 0.735. The van der Waals surface area contributed by atoms with Crippen LogP contribution in [-0.2, 0) is 17.6 Å². The normalized spacial score (nSPS) is 13.3. The van der Waals surface area contributed by atoms with Gasteiger partial charge in [-0.05, 0) is 42.2 Å². The van der Waals surface area contributed by atoms with E-state index in [1.165, 1.54) is 5.56 Å². The maximum absolute atomic E-state index is 12.4. The number of carbonyl (C=O) groups is 1. The summed E-state index contributed by atoms with van der Waals surface area (Å²) < 4.78 is 0. The van der Waals surface area contributed by atoms with Gasteiger partial charge < -0.3 is 10.6 Å². The molecule has 0 saturated heterocycles. The van der Waals surface area contributed by atoms with Crippen molar-refractivity contribution in [2.45, 2.75) is 19.3 Å². The van der Waals surface area contributed by atoms with Gasteiger partial charge >= 0.3 is 0 Å². The van der Waals surface area contributed by atoms with Crippen molar-refractivity contribution in [1.82, 2.24) is 4.98 Å². The summed E-state index contributed by atoms with van der Waals surface area (Å²) in [7, 11) is 0. The predicted molar refractivity (Wildman–Crippen MR) is 79.5 cm³/mol. The standard InChI is InChI=1S/C16H17N3O/c17-14-3-1-2-13-8-11-19(16(13)14)15(20)5-4-12-6-9-18-10-7-12/h1-3,6-7,9-10H,4-5,8,11,17H2. The van der Waals surface area contributed by atoms with Crippen LogP contribution in [0.1, 0.15) is 17.5 Å². The Morgan fingerprint density at radius 1 is 1.25 bits per heavy atom. The highest BCUT2D eigenvalue weighted by Crippen LogP contribution is 2.34. The number of fused-ring (bicyclic) bond motifs is 1. The topological polar surface area (TPSA) is 59.2 Å². The third kappa shape index (κ3) is 2.37. The van der Waals surface area contributed by atoms with Gasteiger partial charge in [-0.3, -0.25) is 9.78 Å². The average molecular weight is 267 g/mol. The highest BCUT2D eigenvalue weighted by molar-refractivity contribution is 5.98. The first kappa shape index (κ1) is 12.7. The van der Waals surface area contributed by atoms with Gasteiger partial charge in [0.05, 0.1) is 11.4 Å². The van der Waals surface area contributed by atoms with E-state index in [0.29, 0.717) is 12.1 Å². The van der Waals surface area contributed by atoms with E-state index < -0.39 is 0 Å². The number of para-hydroxylation sites is 1. The second-order valence-electron chi connectivity index (χ2n) is 5.01. The zero-order valence-electron chi connectivity index (χ0n) is 11.2. The van der Waals surface area contributed by atoms with E-state index in [4.69, 9.17) is 5.73 Å². The van der Waals surface area contributed by atoms with Gasteiger partial charge in [0.25, 0.3) is 0 Å². The van der Waals surface area contributed by atoms with Crippen LogP contribution in [0, 0.1) is 0 Å². The Hall–Kier alpha value is -2.36. The van der Waals surface area contributed by atoms with Crippen molar-refractivity contribution >= 4 is 17.3 Å². The number of carbonyl (C=O) groups excluding carboxylic acids is 1. The van der Waals surface area contributed by atoms with E-state index in [9.17, 15) is 4.79 Å². The van der Waals surface area contributed by atoms with Crippen molar-refractivity contribution in [3.63, 3.8) is 0 Å². The maximum Gasteiger partial charge on any atom is 0.227 e. The Kier molecular flexibility index (Phi) is 3.37. The SMILES string of the molecule is Nc1cccc2c1N(C(=O)CCc1ccncc1)CC2. The number of amides is 1. The van der Waals surface area contributed by atoms with Gasteiger partial charge in [-0.15, -0.1) is 0 Å². The molecule has 0 fully saturated rings. The van der Waals surface area contributed by atoms with Crippen molar-refractivity contribution in [3.8, 4) is 0 Å². The molecule has 0 spiro atoms. The molecule has 20 heavy (non-hydrogen) atoms. The number of anilines is 2. The lowest BCUT2D eigenvalue weighted by Gasteiger charge is -2.19. The number of hydrogen-bond acceptors (Lipinski definition) is 3. The maximum atomic E-state index is 12.4. The van der Waals surface area contributed by atoms with Gasteiger partial charge in [0.15, 0.2) is 0 Å². The molecule has 1 aliphatic heterocycles. The van der Waals surface area contributed by atoms with E-state index in [2.05, 4.69) is 4.98 Å². The average Bonchev–Trinajstić information content (AvgIpc) is 2.91. The van der Waals surface area contributed by atoms with Crippen molar-refractivity contribution in [3.05, 3.63) is 53.9 Å². The van der Waals surface area contributed by atoms with Crippen LogP contribution in [0.3, 0.4) is 0 Å². The van der Waals surface area contributed by atoms with Crippen LogP contribution in [0.2, 0.25) is 0 Å². The number of benzene rings is 1. The van der Waals surface area contributed by atoms with Gasteiger partial charge in [0.2, 0.25) is 5.91 Å². The number of pyridine rings is 1. The van der Waals surface area contributed by atoms with Gasteiger partial charge in [-0.2, -0.15) is 0 Å². The summed E-state index contributed by atoms with van der Waals surface area (Å²) in [5.41, 5.74) is 9.91. The molecule has 2 heterocycles. The molecule has 102 valence electrons. The molecule has 3 rings (SSSR count). The first-order chi connectivity index (χ1) is 9.75. The highest BCUT2D eigenvalue weighted by Gasteiger charge is 2.25. The molecule has 0 atom stereocenters. The fourth-order valence-electron chi connectivity index (χ4n) is 2.67. The molecule has 0 unspecified atom stereocenters. The van der Waals surface area contributed by atoms with Crippen molar-refractivity contribution in [1.29, 1.82) is 0 Å². The van der Waals surface area contributed by atoms with Crippen LogP contribution in [0.4, 0.5) is 11.4 Å². The van der Waals surface area contributed by atoms with Crippen LogP contribution < -0.4 is 10.6 Å². The zero-order chi connectivity index (χ0) is 13.9. The third-order valence-corrected chi connectivity index (χ3v) is 3.70. The molecule has 1 aromatic heterocycles. The first-order valence-corrected chi connectivity index (χ1v) is 6.82. The summed E-state index contributed by atoms with van der Waals surface area (Å²) in [6.07, 6.45) is 5.63. The Bertz CT molecular complexity index is 625. The van der Waals surface area contributed by atoms with Gasteiger partial charge in [-0.1, -0.05) is 12.1 Å². The minimum atomic E-state index is 0.137. The minimum absolute atomic E-state index is 0.137. The van der Waals surface area contributed by atoms with E-state index in [1.54, 1.807) is 12.4 Å². The first-order valence-electron chi connectivity index (χ1n) is 6.82. The molecule has 1 amide bonds. The van der Waals surface area contributed by atoms with Crippen LogP contribution >= 0.6 is 0 Å².